The summed E-state index contributed by atoms with van der Waals surface area (Å²) < 4.78 is 1.20. The molecule has 2 aromatic rings. The monoisotopic (exact) mass is 283 g/mol. The molecule has 64 valence electrons. The molecule has 1 aromatic carbocycles. The first-order valence-electron chi connectivity index (χ1n) is 3.74. The largest absolute Gasteiger partial charge is 0.225 e. The lowest BCUT2D eigenvalue weighted by Gasteiger charge is -1.97. The summed E-state index contributed by atoms with van der Waals surface area (Å²) in [6.07, 6.45) is 3.00. The molecular weight excluding hydrogens is 277 g/mol. The lowest BCUT2D eigenvalue weighted by atomic mass is 10.2. The van der Waals surface area contributed by atoms with Crippen molar-refractivity contribution in [2.75, 3.05) is 0 Å². The quantitative estimate of drug-likeness (QED) is 0.753. The van der Waals surface area contributed by atoms with E-state index < -0.39 is 0 Å². The van der Waals surface area contributed by atoms with Gasteiger partial charge in [0.2, 0.25) is 0 Å². The van der Waals surface area contributed by atoms with Crippen molar-refractivity contribution in [1.29, 1.82) is 0 Å². The minimum Gasteiger partial charge on any atom is -0.225 e. The topological polar surface area (TPSA) is 38.7 Å². The van der Waals surface area contributed by atoms with Crippen LogP contribution in [0.5, 0.6) is 0 Å². The maximum atomic E-state index is 4.05. The lowest BCUT2D eigenvalue weighted by molar-refractivity contribution is 1.06. The van der Waals surface area contributed by atoms with Crippen molar-refractivity contribution < 1.29 is 0 Å². The summed E-state index contributed by atoms with van der Waals surface area (Å²) in [6, 6.07) is 8.05. The van der Waals surface area contributed by atoms with Crippen LogP contribution >= 0.6 is 22.6 Å². The summed E-state index contributed by atoms with van der Waals surface area (Å²) in [5.41, 5.74) is 1.02. The van der Waals surface area contributed by atoms with Crippen LogP contribution in [0.3, 0.4) is 0 Å². The molecular formula is C9H6IN3. The number of halogens is 1. The number of nitrogens with zero attached hydrogens (tertiary/aromatic N) is 3. The van der Waals surface area contributed by atoms with Gasteiger partial charge in [0.25, 0.3) is 0 Å². The third-order valence-electron chi connectivity index (χ3n) is 1.60. The third kappa shape index (κ3) is 2.00. The first-order valence-corrected chi connectivity index (χ1v) is 4.82. The van der Waals surface area contributed by atoms with Gasteiger partial charge in [-0.1, -0.05) is 12.1 Å². The van der Waals surface area contributed by atoms with Crippen molar-refractivity contribution in [3.63, 3.8) is 0 Å². The summed E-state index contributed by atoms with van der Waals surface area (Å²) in [6.45, 7) is 0. The molecule has 0 N–H and O–H groups in total. The van der Waals surface area contributed by atoms with E-state index in [1.165, 1.54) is 16.2 Å². The Bertz CT molecular complexity index is 385. The van der Waals surface area contributed by atoms with Crippen LogP contribution in [0.15, 0.2) is 36.9 Å². The van der Waals surface area contributed by atoms with Gasteiger partial charge >= 0.3 is 0 Å². The molecule has 2 rings (SSSR count). The van der Waals surface area contributed by atoms with E-state index in [1.54, 1.807) is 0 Å². The van der Waals surface area contributed by atoms with Crippen LogP contribution in [0.1, 0.15) is 0 Å². The van der Waals surface area contributed by atoms with E-state index in [1.807, 2.05) is 24.3 Å². The third-order valence-corrected chi connectivity index (χ3v) is 2.31. The molecule has 4 heteroatoms. The van der Waals surface area contributed by atoms with E-state index in [9.17, 15) is 0 Å². The average molecular weight is 283 g/mol. The lowest BCUT2D eigenvalue weighted by Crippen LogP contribution is -1.88. The fraction of sp³-hybridized carbons (Fsp3) is 0. The fourth-order valence-corrected chi connectivity index (χ4v) is 1.35. The fourth-order valence-electron chi connectivity index (χ4n) is 0.987. The van der Waals surface area contributed by atoms with Crippen LogP contribution in [-0.4, -0.2) is 15.0 Å². The smallest absolute Gasteiger partial charge is 0.162 e. The van der Waals surface area contributed by atoms with Gasteiger partial charge in [-0.2, -0.15) is 0 Å². The van der Waals surface area contributed by atoms with Gasteiger partial charge in [-0.3, -0.25) is 0 Å². The molecule has 1 aromatic heterocycles. The van der Waals surface area contributed by atoms with Crippen molar-refractivity contribution in [2.45, 2.75) is 0 Å². The molecule has 13 heavy (non-hydrogen) atoms. The highest BCUT2D eigenvalue weighted by molar-refractivity contribution is 14.1. The van der Waals surface area contributed by atoms with E-state index in [-0.39, 0.29) is 0 Å². The van der Waals surface area contributed by atoms with Gasteiger partial charge in [-0.25, -0.2) is 15.0 Å². The van der Waals surface area contributed by atoms with Crippen molar-refractivity contribution in [1.82, 2.24) is 15.0 Å². The van der Waals surface area contributed by atoms with E-state index in [0.29, 0.717) is 5.82 Å². The molecule has 0 aliphatic rings. The highest BCUT2D eigenvalue weighted by Crippen LogP contribution is 2.14. The molecule has 0 unspecified atom stereocenters. The predicted octanol–water partition coefficient (Wildman–Crippen LogP) is 2.14. The van der Waals surface area contributed by atoms with Gasteiger partial charge in [-0.15, -0.1) is 0 Å². The van der Waals surface area contributed by atoms with Crippen LogP contribution < -0.4 is 0 Å². The molecule has 0 amide bonds. The summed E-state index contributed by atoms with van der Waals surface area (Å²) >= 11 is 2.26. The normalized spacial score (nSPS) is 9.92. The molecule has 1 heterocycles. The minimum atomic E-state index is 0.714. The summed E-state index contributed by atoms with van der Waals surface area (Å²) in [5.74, 6) is 0.714. The van der Waals surface area contributed by atoms with Gasteiger partial charge in [0.15, 0.2) is 5.82 Å². The molecule has 0 fully saturated rings. The number of hydrogen-bond acceptors (Lipinski definition) is 3. The molecule has 0 saturated heterocycles. The Morgan fingerprint density at radius 1 is 0.923 bits per heavy atom. The number of hydrogen-bond donors (Lipinski definition) is 0. The number of benzene rings is 1. The Labute approximate surface area is 89.4 Å². The van der Waals surface area contributed by atoms with Crippen molar-refractivity contribution in [3.8, 4) is 11.4 Å². The van der Waals surface area contributed by atoms with E-state index in [2.05, 4.69) is 37.5 Å². The van der Waals surface area contributed by atoms with Gasteiger partial charge in [-0.05, 0) is 34.7 Å². The predicted molar refractivity (Wildman–Crippen MR) is 58.0 cm³/mol. The first kappa shape index (κ1) is 8.55. The average Bonchev–Trinajstić information content (AvgIpc) is 2.20. The van der Waals surface area contributed by atoms with Crippen LogP contribution in [0.4, 0.5) is 0 Å². The Kier molecular flexibility index (Phi) is 2.49. The van der Waals surface area contributed by atoms with Gasteiger partial charge in [0.05, 0.1) is 0 Å². The van der Waals surface area contributed by atoms with Crippen molar-refractivity contribution >= 4 is 22.6 Å². The van der Waals surface area contributed by atoms with Gasteiger partial charge in [0, 0.05) is 9.13 Å². The second-order valence-corrected chi connectivity index (χ2v) is 3.71. The van der Waals surface area contributed by atoms with E-state index in [0.717, 1.165) is 5.56 Å². The number of aromatic nitrogens is 3. The Morgan fingerprint density at radius 3 is 2.15 bits per heavy atom. The van der Waals surface area contributed by atoms with Crippen LogP contribution in [0.2, 0.25) is 0 Å². The minimum absolute atomic E-state index is 0.714. The Hall–Kier alpha value is -1.04. The molecule has 0 aliphatic carbocycles. The summed E-state index contributed by atoms with van der Waals surface area (Å²) in [7, 11) is 0. The second-order valence-electron chi connectivity index (χ2n) is 2.47. The first-order chi connectivity index (χ1) is 6.36. The molecule has 0 atom stereocenters. The maximum Gasteiger partial charge on any atom is 0.162 e. The highest BCUT2D eigenvalue weighted by Gasteiger charge is 1.98. The summed E-state index contributed by atoms with van der Waals surface area (Å²) in [5, 5.41) is 0. The standard InChI is InChI=1S/C9H6IN3/c10-8-3-1-7(2-4-8)9-12-5-11-6-13-9/h1-6H. The molecule has 0 radical (unpaired) electrons. The zero-order valence-electron chi connectivity index (χ0n) is 6.68. The number of rotatable bonds is 1. The molecule has 3 nitrogen and oxygen atoms in total. The van der Waals surface area contributed by atoms with Crippen LogP contribution in [-0.2, 0) is 0 Å². The van der Waals surface area contributed by atoms with Crippen LogP contribution in [0.25, 0.3) is 11.4 Å². The molecule has 0 spiro atoms. The zero-order chi connectivity index (χ0) is 9.10. The molecule has 0 bridgehead atoms. The van der Waals surface area contributed by atoms with Crippen molar-refractivity contribution in [2.24, 2.45) is 0 Å². The molecule has 0 aliphatic heterocycles. The Balaban J connectivity index is 2.42. The zero-order valence-corrected chi connectivity index (χ0v) is 8.84. The Morgan fingerprint density at radius 2 is 1.54 bits per heavy atom. The van der Waals surface area contributed by atoms with E-state index >= 15 is 0 Å². The second kappa shape index (κ2) is 3.78. The van der Waals surface area contributed by atoms with Gasteiger partial charge < -0.3 is 0 Å². The summed E-state index contributed by atoms with van der Waals surface area (Å²) in [4.78, 5) is 11.9. The SMILES string of the molecule is Ic1ccc(-c2ncncn2)cc1. The van der Waals surface area contributed by atoms with E-state index in [4.69, 9.17) is 0 Å². The maximum absolute atomic E-state index is 4.05. The van der Waals surface area contributed by atoms with Crippen molar-refractivity contribution in [3.05, 3.63) is 40.5 Å². The van der Waals surface area contributed by atoms with Crippen LogP contribution in [0, 0.1) is 3.57 Å². The highest BCUT2D eigenvalue weighted by atomic mass is 127. The van der Waals surface area contributed by atoms with Gasteiger partial charge in [0.1, 0.15) is 12.7 Å². The molecule has 0 saturated carbocycles.